The van der Waals surface area contributed by atoms with E-state index < -0.39 is 18.7 Å². The van der Waals surface area contributed by atoms with Crippen molar-refractivity contribution in [3.05, 3.63) is 24.3 Å². The molecule has 0 aromatic heterocycles. The van der Waals surface area contributed by atoms with E-state index in [0.29, 0.717) is 6.42 Å². The summed E-state index contributed by atoms with van der Waals surface area (Å²) in [4.78, 5) is 41.0. The number of Topliss-reactive ketones (excluding diaryl/α,β-unsaturated/α-hetero) is 1. The van der Waals surface area contributed by atoms with Crippen LogP contribution in [0.25, 0.3) is 0 Å². The molecule has 0 atom stereocenters. The molecule has 4 N–H and O–H groups in total. The fourth-order valence-corrected chi connectivity index (χ4v) is 0.981. The zero-order valence-electron chi connectivity index (χ0n) is 14.8. The normalized spacial score (nSPS) is 9.69. The van der Waals surface area contributed by atoms with Crippen molar-refractivity contribution in [1.29, 1.82) is 0 Å². The van der Waals surface area contributed by atoms with Gasteiger partial charge in [-0.25, -0.2) is 0 Å². The van der Waals surface area contributed by atoms with E-state index in [-0.39, 0.29) is 37.8 Å². The van der Waals surface area contributed by atoms with Crippen LogP contribution in [-0.4, -0.2) is 64.8 Å². The molecular formula is C16H26O10. The summed E-state index contributed by atoms with van der Waals surface area (Å²) in [6.45, 7) is 0.715. The first-order valence-corrected chi connectivity index (χ1v) is 7.30. The number of aliphatic hydroxyl groups excluding tert-OH is 1. The van der Waals surface area contributed by atoms with Gasteiger partial charge in [0.15, 0.2) is 6.79 Å². The number of allylic oxidation sites excluding steroid dienone is 1. The van der Waals surface area contributed by atoms with E-state index in [4.69, 9.17) is 20.4 Å². The second kappa shape index (κ2) is 22.4. The zero-order valence-corrected chi connectivity index (χ0v) is 14.8. The Balaban J connectivity index is -0.000000362. The van der Waals surface area contributed by atoms with Gasteiger partial charge in [0.2, 0.25) is 0 Å². The largest absolute Gasteiger partial charge is 0.481 e. The summed E-state index contributed by atoms with van der Waals surface area (Å²) in [6.07, 6.45) is 6.19. The van der Waals surface area contributed by atoms with Gasteiger partial charge in [-0.2, -0.15) is 0 Å². The Hall–Kier alpha value is -2.56. The van der Waals surface area contributed by atoms with Gasteiger partial charge in [0.25, 0.3) is 0 Å². The predicted octanol–water partition coefficient (Wildman–Crippen LogP) is 0.479. The average molecular weight is 378 g/mol. The van der Waals surface area contributed by atoms with Gasteiger partial charge in [-0.3, -0.25) is 19.2 Å². The van der Waals surface area contributed by atoms with Crippen LogP contribution in [-0.2, 0) is 28.7 Å². The van der Waals surface area contributed by atoms with Crippen molar-refractivity contribution < 1.29 is 49.1 Å². The highest BCUT2D eigenvalue weighted by molar-refractivity contribution is 5.77. The maximum Gasteiger partial charge on any atom is 0.311 e. The van der Waals surface area contributed by atoms with Crippen molar-refractivity contribution in [2.45, 2.75) is 32.6 Å². The van der Waals surface area contributed by atoms with Gasteiger partial charge in [-0.1, -0.05) is 24.3 Å². The molecule has 0 fully saturated rings. The Kier molecular flexibility index (Phi) is 24.4. The number of hydrogen-bond donors (Lipinski definition) is 4. The third-order valence-corrected chi connectivity index (χ3v) is 1.95. The topological polar surface area (TPSA) is 168 Å². The lowest BCUT2D eigenvalue weighted by molar-refractivity contribution is -0.153. The molecule has 0 bridgehead atoms. The molecule has 10 nitrogen and oxygen atoms in total. The van der Waals surface area contributed by atoms with Crippen molar-refractivity contribution in [2.24, 2.45) is 0 Å². The Morgan fingerprint density at radius 3 is 1.54 bits per heavy atom. The van der Waals surface area contributed by atoms with E-state index >= 15 is 0 Å². The quantitative estimate of drug-likeness (QED) is 0.238. The Bertz CT molecular complexity index is 436. The Labute approximate surface area is 151 Å². The van der Waals surface area contributed by atoms with E-state index in [1.165, 1.54) is 26.2 Å². The minimum Gasteiger partial charge on any atom is -0.481 e. The molecule has 0 spiro atoms. The number of carbonyl (C=O) groups excluding carboxylic acids is 2. The number of carbonyl (C=O) groups is 4. The first-order chi connectivity index (χ1) is 12.2. The molecule has 0 saturated heterocycles. The molecule has 0 unspecified atom stereocenters. The minimum absolute atomic E-state index is 0.0284. The van der Waals surface area contributed by atoms with Gasteiger partial charge in [-0.15, -0.1) is 0 Å². The highest BCUT2D eigenvalue weighted by atomic mass is 16.7. The van der Waals surface area contributed by atoms with Gasteiger partial charge in [0.05, 0.1) is 19.3 Å². The molecule has 0 saturated carbocycles. The van der Waals surface area contributed by atoms with Crippen molar-refractivity contribution in [2.75, 3.05) is 20.7 Å². The smallest absolute Gasteiger partial charge is 0.311 e. The third kappa shape index (κ3) is 37.6. The fraction of sp³-hybridized carbons (Fsp3) is 0.500. The molecule has 0 aromatic carbocycles. The van der Waals surface area contributed by atoms with Gasteiger partial charge >= 0.3 is 17.9 Å². The molecule has 0 aliphatic rings. The summed E-state index contributed by atoms with van der Waals surface area (Å²) in [5, 5.41) is 30.4. The maximum absolute atomic E-state index is 10.8. The van der Waals surface area contributed by atoms with Crippen LogP contribution in [0.1, 0.15) is 32.6 Å². The van der Waals surface area contributed by atoms with Crippen LogP contribution in [0.4, 0.5) is 0 Å². The van der Waals surface area contributed by atoms with Gasteiger partial charge in [0, 0.05) is 13.5 Å². The molecular weight excluding hydrogens is 352 g/mol. The third-order valence-electron chi connectivity index (χ3n) is 1.95. The highest BCUT2D eigenvalue weighted by Crippen LogP contribution is 1.91. The number of carboxylic acid groups (broad SMARTS) is 2. The van der Waals surface area contributed by atoms with Crippen LogP contribution in [0.3, 0.4) is 0 Å². The van der Waals surface area contributed by atoms with Gasteiger partial charge < -0.3 is 29.9 Å². The number of hydrogen-bond acceptors (Lipinski definition) is 8. The zero-order chi connectivity index (χ0) is 20.8. The molecule has 10 heteroatoms. The Morgan fingerprint density at radius 2 is 1.19 bits per heavy atom. The van der Waals surface area contributed by atoms with Crippen molar-refractivity contribution in [3.8, 4) is 0 Å². The standard InChI is InChI=1S/C9H14O4.C6H8O4.CH4O2/c1-8(10)5-3-4-6-9(11)13-7-12-2;7-5(8)3-1-2-4-6(9)10;2-1-3/h3-4H,5-7H2,1-2H3;1-2H,3-4H2,(H,7,8)(H,9,10);2-3H,1H2/b4-3+;2-1+;. The number of rotatable bonds is 10. The monoisotopic (exact) mass is 378 g/mol. The number of esters is 1. The summed E-state index contributed by atoms with van der Waals surface area (Å²) in [5.74, 6) is -2.20. The maximum atomic E-state index is 10.8. The summed E-state index contributed by atoms with van der Waals surface area (Å²) in [7, 11) is 1.44. The number of aliphatic hydroxyl groups is 2. The van der Waals surface area contributed by atoms with Crippen LogP contribution in [0.2, 0.25) is 0 Å². The summed E-state index contributed by atoms with van der Waals surface area (Å²) < 4.78 is 9.14. The fourth-order valence-electron chi connectivity index (χ4n) is 0.981. The molecule has 0 aliphatic carbocycles. The Morgan fingerprint density at radius 1 is 0.808 bits per heavy atom. The van der Waals surface area contributed by atoms with E-state index in [0.717, 1.165) is 0 Å². The molecule has 0 amide bonds. The summed E-state index contributed by atoms with van der Waals surface area (Å²) >= 11 is 0. The number of methoxy groups -OCH3 is 1. The number of aliphatic carboxylic acids is 2. The second-order valence-corrected chi connectivity index (χ2v) is 4.31. The van der Waals surface area contributed by atoms with E-state index in [1.807, 2.05) is 0 Å². The molecule has 0 aromatic rings. The van der Waals surface area contributed by atoms with E-state index in [1.54, 1.807) is 12.2 Å². The lowest BCUT2D eigenvalue weighted by Gasteiger charge is -1.99. The van der Waals surface area contributed by atoms with Crippen molar-refractivity contribution in [3.63, 3.8) is 0 Å². The lowest BCUT2D eigenvalue weighted by Crippen LogP contribution is -2.05. The molecule has 0 rings (SSSR count). The van der Waals surface area contributed by atoms with Crippen LogP contribution in [0.15, 0.2) is 24.3 Å². The number of carboxylic acids is 2. The molecule has 150 valence electrons. The SMILES string of the molecule is COCOC(=O)C/C=C/CC(C)=O.O=C(O)C/C=C/CC(=O)O.OCO. The molecule has 26 heavy (non-hydrogen) atoms. The van der Waals surface area contributed by atoms with Crippen LogP contribution >= 0.6 is 0 Å². The summed E-state index contributed by atoms with van der Waals surface area (Å²) in [6, 6.07) is 0. The second-order valence-electron chi connectivity index (χ2n) is 4.31. The highest BCUT2D eigenvalue weighted by Gasteiger charge is 1.97. The van der Waals surface area contributed by atoms with Gasteiger partial charge in [-0.05, 0) is 6.92 Å². The van der Waals surface area contributed by atoms with Crippen LogP contribution < -0.4 is 0 Å². The summed E-state index contributed by atoms with van der Waals surface area (Å²) in [5.41, 5.74) is 0. The molecule has 0 heterocycles. The van der Waals surface area contributed by atoms with Crippen LogP contribution in [0.5, 0.6) is 0 Å². The average Bonchev–Trinajstić information content (AvgIpc) is 2.54. The number of ketones is 1. The van der Waals surface area contributed by atoms with Crippen molar-refractivity contribution in [1.82, 2.24) is 0 Å². The van der Waals surface area contributed by atoms with Gasteiger partial charge in [0.1, 0.15) is 12.6 Å². The first-order valence-electron chi connectivity index (χ1n) is 7.30. The van der Waals surface area contributed by atoms with E-state index in [9.17, 15) is 19.2 Å². The number of ether oxygens (including phenoxy) is 2. The van der Waals surface area contributed by atoms with E-state index in [2.05, 4.69) is 9.47 Å². The minimum atomic E-state index is -0.957. The lowest BCUT2D eigenvalue weighted by atomic mass is 10.3. The van der Waals surface area contributed by atoms with Crippen molar-refractivity contribution >= 4 is 23.7 Å². The van der Waals surface area contributed by atoms with Crippen LogP contribution in [0, 0.1) is 0 Å². The molecule has 0 aliphatic heterocycles. The predicted molar refractivity (Wildman–Crippen MR) is 90.0 cm³/mol. The molecule has 0 radical (unpaired) electrons. The first kappa shape index (κ1) is 28.3.